The first kappa shape index (κ1) is 14.1. The van der Waals surface area contributed by atoms with Crippen LogP contribution in [0.15, 0.2) is 42.9 Å². The van der Waals surface area contributed by atoms with E-state index in [1.165, 1.54) is 0 Å². The molecule has 0 unspecified atom stereocenters. The molecule has 2 aromatic heterocycles. The Morgan fingerprint density at radius 2 is 1.87 bits per heavy atom. The van der Waals surface area contributed by atoms with Crippen LogP contribution in [-0.2, 0) is 0 Å². The third kappa shape index (κ3) is 2.64. The lowest BCUT2D eigenvalue weighted by Crippen LogP contribution is -2.44. The highest BCUT2D eigenvalue weighted by molar-refractivity contribution is 5.83. The molecule has 1 aliphatic rings. The maximum Gasteiger partial charge on any atom is 0.135 e. The molecule has 3 heterocycles. The Hall–Kier alpha value is -2.53. The van der Waals surface area contributed by atoms with Gasteiger partial charge in [0.1, 0.15) is 12.1 Å². The van der Waals surface area contributed by atoms with Gasteiger partial charge in [-0.05, 0) is 19.1 Å². The molecule has 23 heavy (non-hydrogen) atoms. The number of piperazine rings is 1. The molecule has 5 heteroatoms. The summed E-state index contributed by atoms with van der Waals surface area (Å²) in [5, 5.41) is 4.51. The topological polar surface area (TPSA) is 53.9 Å². The van der Waals surface area contributed by atoms with Crippen LogP contribution in [0.2, 0.25) is 0 Å². The van der Waals surface area contributed by atoms with Crippen LogP contribution in [-0.4, -0.2) is 41.1 Å². The van der Waals surface area contributed by atoms with Gasteiger partial charge in [-0.3, -0.25) is 4.98 Å². The standard InChI is InChI=1S/C18H19N5/c1-13-17(15-10-14-4-2-3-5-16(14)20-11-15)21-12-22-18(13)23-8-6-19-7-9-23/h2-5,10-12,19H,6-9H2,1H3. The number of aromatic nitrogens is 3. The second-order valence-electron chi connectivity index (χ2n) is 5.82. The third-order valence-corrected chi connectivity index (χ3v) is 4.34. The fraction of sp³-hybridized carbons (Fsp3) is 0.278. The summed E-state index contributed by atoms with van der Waals surface area (Å²) in [7, 11) is 0. The van der Waals surface area contributed by atoms with E-state index in [1.807, 2.05) is 24.4 Å². The van der Waals surface area contributed by atoms with E-state index < -0.39 is 0 Å². The summed E-state index contributed by atoms with van der Waals surface area (Å²) in [5.74, 6) is 1.03. The normalized spacial score (nSPS) is 15.1. The summed E-state index contributed by atoms with van der Waals surface area (Å²) in [6.45, 7) is 6.05. The van der Waals surface area contributed by atoms with Gasteiger partial charge in [0.25, 0.3) is 0 Å². The van der Waals surface area contributed by atoms with E-state index in [9.17, 15) is 0 Å². The van der Waals surface area contributed by atoms with Gasteiger partial charge < -0.3 is 10.2 Å². The van der Waals surface area contributed by atoms with Crippen molar-refractivity contribution in [1.29, 1.82) is 0 Å². The molecule has 0 atom stereocenters. The number of anilines is 1. The fourth-order valence-electron chi connectivity index (χ4n) is 3.13. The monoisotopic (exact) mass is 305 g/mol. The molecular weight excluding hydrogens is 286 g/mol. The molecule has 1 saturated heterocycles. The minimum atomic E-state index is 0.965. The van der Waals surface area contributed by atoms with Crippen molar-refractivity contribution in [2.45, 2.75) is 6.92 Å². The van der Waals surface area contributed by atoms with Crippen molar-refractivity contribution in [1.82, 2.24) is 20.3 Å². The van der Waals surface area contributed by atoms with Crippen LogP contribution in [0.25, 0.3) is 22.2 Å². The summed E-state index contributed by atoms with van der Waals surface area (Å²) in [6.07, 6.45) is 3.56. The number of hydrogen-bond donors (Lipinski definition) is 1. The molecule has 3 aromatic rings. The molecule has 0 aliphatic carbocycles. The van der Waals surface area contributed by atoms with Crippen molar-refractivity contribution < 1.29 is 0 Å². The third-order valence-electron chi connectivity index (χ3n) is 4.34. The Labute approximate surface area is 135 Å². The molecule has 0 bridgehead atoms. The Morgan fingerprint density at radius 3 is 2.74 bits per heavy atom. The average Bonchev–Trinajstić information content (AvgIpc) is 2.62. The molecule has 1 aromatic carbocycles. The second-order valence-corrected chi connectivity index (χ2v) is 5.82. The SMILES string of the molecule is Cc1c(-c2cnc3ccccc3c2)ncnc1N1CCNCC1. The van der Waals surface area contributed by atoms with Crippen LogP contribution in [0.5, 0.6) is 0 Å². The molecule has 0 saturated carbocycles. The molecule has 1 fully saturated rings. The number of para-hydroxylation sites is 1. The summed E-state index contributed by atoms with van der Waals surface area (Å²) < 4.78 is 0. The predicted octanol–water partition coefficient (Wildman–Crippen LogP) is 2.41. The van der Waals surface area contributed by atoms with Crippen molar-refractivity contribution in [3.05, 3.63) is 48.4 Å². The Morgan fingerprint density at radius 1 is 1.04 bits per heavy atom. The van der Waals surface area contributed by atoms with E-state index >= 15 is 0 Å². The summed E-state index contributed by atoms with van der Waals surface area (Å²) in [4.78, 5) is 15.9. The van der Waals surface area contributed by atoms with Crippen molar-refractivity contribution in [2.75, 3.05) is 31.1 Å². The summed E-state index contributed by atoms with van der Waals surface area (Å²) in [6, 6.07) is 10.3. The lowest BCUT2D eigenvalue weighted by molar-refractivity contribution is 0.583. The largest absolute Gasteiger partial charge is 0.354 e. The van der Waals surface area contributed by atoms with Crippen molar-refractivity contribution >= 4 is 16.7 Å². The molecule has 1 aliphatic heterocycles. The minimum absolute atomic E-state index is 0.965. The van der Waals surface area contributed by atoms with Crippen LogP contribution >= 0.6 is 0 Å². The minimum Gasteiger partial charge on any atom is -0.354 e. The van der Waals surface area contributed by atoms with Crippen molar-refractivity contribution in [3.63, 3.8) is 0 Å². The van der Waals surface area contributed by atoms with Crippen molar-refractivity contribution in [2.24, 2.45) is 0 Å². The first-order valence-corrected chi connectivity index (χ1v) is 7.95. The Bertz CT molecular complexity index is 840. The van der Waals surface area contributed by atoms with Crippen LogP contribution in [0.3, 0.4) is 0 Å². The van der Waals surface area contributed by atoms with E-state index in [0.717, 1.165) is 59.7 Å². The van der Waals surface area contributed by atoms with Crippen LogP contribution in [0.1, 0.15) is 5.56 Å². The van der Waals surface area contributed by atoms with E-state index in [4.69, 9.17) is 0 Å². The number of hydrogen-bond acceptors (Lipinski definition) is 5. The van der Waals surface area contributed by atoms with Gasteiger partial charge in [-0.1, -0.05) is 18.2 Å². The highest BCUT2D eigenvalue weighted by Crippen LogP contribution is 2.28. The fourth-order valence-corrected chi connectivity index (χ4v) is 3.13. The zero-order chi connectivity index (χ0) is 15.6. The van der Waals surface area contributed by atoms with Gasteiger partial charge in [-0.15, -0.1) is 0 Å². The van der Waals surface area contributed by atoms with E-state index in [-0.39, 0.29) is 0 Å². The smallest absolute Gasteiger partial charge is 0.135 e. The number of fused-ring (bicyclic) bond motifs is 1. The number of pyridine rings is 1. The highest BCUT2D eigenvalue weighted by Gasteiger charge is 2.17. The zero-order valence-corrected chi connectivity index (χ0v) is 13.2. The van der Waals surface area contributed by atoms with Gasteiger partial charge in [0.15, 0.2) is 0 Å². The Kier molecular flexibility index (Phi) is 3.63. The number of nitrogens with one attached hydrogen (secondary N) is 1. The molecule has 0 spiro atoms. The van der Waals surface area contributed by atoms with Gasteiger partial charge in [-0.25, -0.2) is 9.97 Å². The zero-order valence-electron chi connectivity index (χ0n) is 13.2. The van der Waals surface area contributed by atoms with Crippen LogP contribution < -0.4 is 10.2 Å². The molecule has 4 rings (SSSR count). The molecule has 1 N–H and O–H groups in total. The summed E-state index contributed by atoms with van der Waals surface area (Å²) >= 11 is 0. The van der Waals surface area contributed by atoms with Crippen molar-refractivity contribution in [3.8, 4) is 11.3 Å². The van der Waals surface area contributed by atoms with E-state index in [1.54, 1.807) is 6.33 Å². The number of benzene rings is 1. The summed E-state index contributed by atoms with van der Waals surface area (Å²) in [5.41, 5.74) is 4.13. The molecule has 116 valence electrons. The van der Waals surface area contributed by atoms with Gasteiger partial charge in [-0.2, -0.15) is 0 Å². The molecule has 5 nitrogen and oxygen atoms in total. The maximum atomic E-state index is 4.56. The van der Waals surface area contributed by atoms with Gasteiger partial charge >= 0.3 is 0 Å². The molecular formula is C18H19N5. The Balaban J connectivity index is 1.78. The van der Waals surface area contributed by atoms with E-state index in [0.29, 0.717) is 0 Å². The highest BCUT2D eigenvalue weighted by atomic mass is 15.2. The number of rotatable bonds is 2. The lowest BCUT2D eigenvalue weighted by atomic mass is 10.1. The predicted molar refractivity (Wildman–Crippen MR) is 92.6 cm³/mol. The van der Waals surface area contributed by atoms with Gasteiger partial charge in [0, 0.05) is 48.9 Å². The van der Waals surface area contributed by atoms with Crippen LogP contribution in [0.4, 0.5) is 5.82 Å². The van der Waals surface area contributed by atoms with Crippen LogP contribution in [0, 0.1) is 6.92 Å². The maximum absolute atomic E-state index is 4.56. The first-order chi connectivity index (χ1) is 11.3. The lowest BCUT2D eigenvalue weighted by Gasteiger charge is -2.29. The molecule has 0 radical (unpaired) electrons. The average molecular weight is 305 g/mol. The van der Waals surface area contributed by atoms with Gasteiger partial charge in [0.2, 0.25) is 0 Å². The number of nitrogens with zero attached hydrogens (tertiary/aromatic N) is 4. The molecule has 0 amide bonds. The second kappa shape index (κ2) is 5.93. The van der Waals surface area contributed by atoms with E-state index in [2.05, 4.69) is 44.2 Å². The first-order valence-electron chi connectivity index (χ1n) is 7.95. The van der Waals surface area contributed by atoms with Gasteiger partial charge in [0.05, 0.1) is 11.2 Å². The quantitative estimate of drug-likeness (QED) is 0.788.